The van der Waals surface area contributed by atoms with Crippen molar-refractivity contribution in [2.45, 2.75) is 13.0 Å². The van der Waals surface area contributed by atoms with Crippen molar-refractivity contribution in [1.29, 1.82) is 0 Å². The molecule has 6 heteroatoms. The third kappa shape index (κ3) is 5.17. The molecule has 1 heterocycles. The van der Waals surface area contributed by atoms with Crippen LogP contribution in [-0.4, -0.2) is 35.3 Å². The number of hydrogen-bond acceptors (Lipinski definition) is 3. The van der Waals surface area contributed by atoms with Gasteiger partial charge in [-0.1, -0.05) is 34.1 Å². The van der Waals surface area contributed by atoms with Gasteiger partial charge in [0.1, 0.15) is 0 Å². The van der Waals surface area contributed by atoms with Crippen molar-refractivity contribution in [2.75, 3.05) is 13.6 Å². The Labute approximate surface area is 143 Å². The molecule has 0 aliphatic heterocycles. The van der Waals surface area contributed by atoms with E-state index in [4.69, 9.17) is 0 Å². The van der Waals surface area contributed by atoms with Crippen LogP contribution in [0.25, 0.3) is 0 Å². The molecule has 0 unspecified atom stereocenters. The van der Waals surface area contributed by atoms with E-state index < -0.39 is 0 Å². The Hall–Kier alpha value is -2.21. The number of aromatic nitrogens is 1. The summed E-state index contributed by atoms with van der Waals surface area (Å²) >= 11 is 3.47. The Morgan fingerprint density at radius 3 is 2.57 bits per heavy atom. The largest absolute Gasteiger partial charge is 0.352 e. The van der Waals surface area contributed by atoms with Crippen LogP contribution in [0.15, 0.2) is 53.3 Å². The second-order valence-corrected chi connectivity index (χ2v) is 5.94. The smallest absolute Gasteiger partial charge is 0.251 e. The highest BCUT2D eigenvalue weighted by Gasteiger charge is 2.11. The highest BCUT2D eigenvalue weighted by Crippen LogP contribution is 2.17. The van der Waals surface area contributed by atoms with Crippen LogP contribution in [0.2, 0.25) is 0 Å². The maximum Gasteiger partial charge on any atom is 0.251 e. The Kier molecular flexibility index (Phi) is 6.29. The lowest BCUT2D eigenvalue weighted by Gasteiger charge is -2.18. The molecule has 0 bridgehead atoms. The highest BCUT2D eigenvalue weighted by atomic mass is 79.9. The summed E-state index contributed by atoms with van der Waals surface area (Å²) in [6, 6.07) is 11.1. The topological polar surface area (TPSA) is 62.3 Å². The molecule has 0 radical (unpaired) electrons. The third-order valence-corrected chi connectivity index (χ3v) is 4.13. The fraction of sp³-hybridized carbons (Fsp3) is 0.235. The van der Waals surface area contributed by atoms with Crippen LogP contribution < -0.4 is 5.32 Å². The molecule has 5 nitrogen and oxygen atoms in total. The standard InChI is InChI=1S/C17H18BrN3O2/c1-21(12-14-4-2-3-5-15(14)18)16(22)8-11-20-17(23)13-6-9-19-10-7-13/h2-7,9-10H,8,11-12H2,1H3,(H,20,23). The number of halogens is 1. The second-order valence-electron chi connectivity index (χ2n) is 5.08. The van der Waals surface area contributed by atoms with Crippen LogP contribution in [0.5, 0.6) is 0 Å². The summed E-state index contributed by atoms with van der Waals surface area (Å²) in [5.41, 5.74) is 1.58. The van der Waals surface area contributed by atoms with Crippen molar-refractivity contribution in [3.8, 4) is 0 Å². The molecule has 0 fully saturated rings. The summed E-state index contributed by atoms with van der Waals surface area (Å²) in [6.07, 6.45) is 3.38. The summed E-state index contributed by atoms with van der Waals surface area (Å²) in [7, 11) is 1.76. The Morgan fingerprint density at radius 1 is 1.17 bits per heavy atom. The lowest BCUT2D eigenvalue weighted by molar-refractivity contribution is -0.130. The van der Waals surface area contributed by atoms with Crippen LogP contribution in [-0.2, 0) is 11.3 Å². The maximum atomic E-state index is 12.1. The summed E-state index contributed by atoms with van der Waals surface area (Å²) < 4.78 is 0.977. The van der Waals surface area contributed by atoms with Crippen molar-refractivity contribution in [2.24, 2.45) is 0 Å². The van der Waals surface area contributed by atoms with Crippen molar-refractivity contribution in [3.63, 3.8) is 0 Å². The predicted octanol–water partition coefficient (Wildman–Crippen LogP) is 2.62. The van der Waals surface area contributed by atoms with Crippen LogP contribution >= 0.6 is 15.9 Å². The minimum absolute atomic E-state index is 0.0178. The predicted molar refractivity (Wildman–Crippen MR) is 91.8 cm³/mol. The number of nitrogens with zero attached hydrogens (tertiary/aromatic N) is 2. The molecule has 0 spiro atoms. The molecule has 0 saturated carbocycles. The minimum Gasteiger partial charge on any atom is -0.352 e. The number of hydrogen-bond donors (Lipinski definition) is 1. The molecule has 0 aliphatic rings. The first-order valence-electron chi connectivity index (χ1n) is 7.23. The fourth-order valence-electron chi connectivity index (χ4n) is 2.05. The average molecular weight is 376 g/mol. The van der Waals surface area contributed by atoms with Gasteiger partial charge in [0.15, 0.2) is 0 Å². The fourth-order valence-corrected chi connectivity index (χ4v) is 2.46. The number of carbonyl (C=O) groups excluding carboxylic acids is 2. The van der Waals surface area contributed by atoms with Crippen LogP contribution in [0.4, 0.5) is 0 Å². The summed E-state index contributed by atoms with van der Waals surface area (Å²) in [5, 5.41) is 2.74. The lowest BCUT2D eigenvalue weighted by atomic mass is 10.2. The van der Waals surface area contributed by atoms with Gasteiger partial charge in [0.2, 0.25) is 5.91 Å². The molecule has 1 aromatic heterocycles. The summed E-state index contributed by atoms with van der Waals surface area (Å²) in [6.45, 7) is 0.832. The van der Waals surface area contributed by atoms with E-state index in [0.717, 1.165) is 10.0 Å². The van der Waals surface area contributed by atoms with E-state index in [-0.39, 0.29) is 18.2 Å². The van der Waals surface area contributed by atoms with Gasteiger partial charge >= 0.3 is 0 Å². The zero-order valence-corrected chi connectivity index (χ0v) is 14.4. The molecule has 120 valence electrons. The van der Waals surface area contributed by atoms with Gasteiger partial charge < -0.3 is 10.2 Å². The molecule has 0 atom stereocenters. The third-order valence-electron chi connectivity index (χ3n) is 3.36. The van der Waals surface area contributed by atoms with Gasteiger partial charge in [-0.2, -0.15) is 0 Å². The SMILES string of the molecule is CN(Cc1ccccc1Br)C(=O)CCNC(=O)c1ccncc1. The van der Waals surface area contributed by atoms with E-state index in [9.17, 15) is 9.59 Å². The van der Waals surface area contributed by atoms with Crippen molar-refractivity contribution < 1.29 is 9.59 Å². The molecule has 2 aromatic rings. The highest BCUT2D eigenvalue weighted by molar-refractivity contribution is 9.10. The number of carbonyl (C=O) groups is 2. The molecular formula is C17H18BrN3O2. The van der Waals surface area contributed by atoms with E-state index in [1.165, 1.54) is 0 Å². The van der Waals surface area contributed by atoms with Gasteiger partial charge in [0, 0.05) is 49.0 Å². The quantitative estimate of drug-likeness (QED) is 0.843. The average Bonchev–Trinajstić information content (AvgIpc) is 2.57. The van der Waals surface area contributed by atoms with Crippen molar-refractivity contribution >= 4 is 27.7 Å². The molecule has 0 aliphatic carbocycles. The van der Waals surface area contributed by atoms with Gasteiger partial charge in [-0.15, -0.1) is 0 Å². The van der Waals surface area contributed by atoms with Crippen molar-refractivity contribution in [3.05, 3.63) is 64.4 Å². The molecule has 1 N–H and O–H groups in total. The Bertz CT molecular complexity index is 677. The van der Waals surface area contributed by atoms with Gasteiger partial charge in [0.05, 0.1) is 0 Å². The van der Waals surface area contributed by atoms with Gasteiger partial charge in [0.25, 0.3) is 5.91 Å². The normalized spacial score (nSPS) is 10.2. The first kappa shape index (κ1) is 17.1. The number of amides is 2. The first-order valence-corrected chi connectivity index (χ1v) is 8.03. The van der Waals surface area contributed by atoms with E-state index in [0.29, 0.717) is 18.7 Å². The second kappa shape index (κ2) is 8.43. The van der Waals surface area contributed by atoms with Crippen LogP contribution in [0.3, 0.4) is 0 Å². The van der Waals surface area contributed by atoms with E-state index in [1.807, 2.05) is 24.3 Å². The Morgan fingerprint density at radius 2 is 1.87 bits per heavy atom. The zero-order valence-electron chi connectivity index (χ0n) is 12.8. The number of benzene rings is 1. The van der Waals surface area contributed by atoms with Gasteiger partial charge in [-0.25, -0.2) is 0 Å². The van der Waals surface area contributed by atoms with E-state index >= 15 is 0 Å². The lowest BCUT2D eigenvalue weighted by Crippen LogP contribution is -2.32. The zero-order chi connectivity index (χ0) is 16.7. The Balaban J connectivity index is 1.78. The molecule has 23 heavy (non-hydrogen) atoms. The van der Waals surface area contributed by atoms with E-state index in [1.54, 1.807) is 36.5 Å². The van der Waals surface area contributed by atoms with Crippen LogP contribution in [0, 0.1) is 0 Å². The molecule has 2 rings (SSSR count). The molecular weight excluding hydrogens is 358 g/mol. The van der Waals surface area contributed by atoms with Crippen LogP contribution in [0.1, 0.15) is 22.3 Å². The number of nitrogens with one attached hydrogen (secondary N) is 1. The van der Waals surface area contributed by atoms with Gasteiger partial charge in [-0.05, 0) is 23.8 Å². The number of rotatable bonds is 6. The first-order chi connectivity index (χ1) is 11.1. The summed E-state index contributed by atoms with van der Waals surface area (Å²) in [4.78, 5) is 29.5. The molecule has 0 saturated heterocycles. The van der Waals surface area contributed by atoms with Crippen molar-refractivity contribution in [1.82, 2.24) is 15.2 Å². The maximum absolute atomic E-state index is 12.1. The molecule has 2 amide bonds. The van der Waals surface area contributed by atoms with Gasteiger partial charge in [-0.3, -0.25) is 14.6 Å². The minimum atomic E-state index is -0.200. The van der Waals surface area contributed by atoms with E-state index in [2.05, 4.69) is 26.2 Å². The number of pyridine rings is 1. The molecule has 1 aromatic carbocycles. The summed E-state index contributed by atoms with van der Waals surface area (Å²) in [5.74, 6) is -0.218. The monoisotopic (exact) mass is 375 g/mol.